The number of pyridine rings is 2. The maximum atomic E-state index is 13.4. The van der Waals surface area contributed by atoms with Crippen molar-refractivity contribution < 1.29 is 13.7 Å². The largest absolute Gasteiger partial charge is 0.496 e. The lowest BCUT2D eigenvalue weighted by Gasteiger charge is -2.32. The molecule has 0 saturated carbocycles. The normalized spacial score (nSPS) is 17.7. The van der Waals surface area contributed by atoms with Gasteiger partial charge in [-0.1, -0.05) is 18.2 Å². The van der Waals surface area contributed by atoms with Crippen LogP contribution in [-0.2, 0) is 9.31 Å². The zero-order chi connectivity index (χ0) is 19.9. The van der Waals surface area contributed by atoms with Crippen molar-refractivity contribution in [1.29, 1.82) is 0 Å². The minimum absolute atomic E-state index is 0.275. The zero-order valence-corrected chi connectivity index (χ0v) is 16.4. The van der Waals surface area contributed by atoms with Crippen LogP contribution in [0.4, 0.5) is 4.39 Å². The monoisotopic (exact) mass is 376 g/mol. The molecule has 28 heavy (non-hydrogen) atoms. The molecule has 4 rings (SSSR count). The molecule has 0 radical (unpaired) electrons. The Kier molecular flexibility index (Phi) is 4.56. The summed E-state index contributed by atoms with van der Waals surface area (Å²) in [5.41, 5.74) is 3.28. The van der Waals surface area contributed by atoms with Crippen LogP contribution < -0.4 is 5.46 Å². The van der Waals surface area contributed by atoms with E-state index in [1.165, 1.54) is 12.1 Å². The Morgan fingerprint density at radius 3 is 2.00 bits per heavy atom. The summed E-state index contributed by atoms with van der Waals surface area (Å²) in [6, 6.07) is 14.1. The van der Waals surface area contributed by atoms with Crippen LogP contribution in [-0.4, -0.2) is 28.3 Å². The Hall–Kier alpha value is -2.57. The molecule has 4 nitrogen and oxygen atoms in total. The van der Waals surface area contributed by atoms with E-state index >= 15 is 0 Å². The van der Waals surface area contributed by atoms with Gasteiger partial charge in [0, 0.05) is 29.0 Å². The first-order valence-electron chi connectivity index (χ1n) is 9.29. The van der Waals surface area contributed by atoms with Gasteiger partial charge in [0.2, 0.25) is 0 Å². The summed E-state index contributed by atoms with van der Waals surface area (Å²) in [5.74, 6) is -0.275. The van der Waals surface area contributed by atoms with Crippen molar-refractivity contribution in [3.8, 4) is 22.5 Å². The lowest BCUT2D eigenvalue weighted by Crippen LogP contribution is -2.41. The molecule has 0 bridgehead atoms. The van der Waals surface area contributed by atoms with Crippen molar-refractivity contribution in [3.63, 3.8) is 0 Å². The van der Waals surface area contributed by atoms with Crippen LogP contribution in [0.2, 0.25) is 0 Å². The number of rotatable bonds is 3. The van der Waals surface area contributed by atoms with Crippen LogP contribution in [0.15, 0.2) is 60.9 Å². The fourth-order valence-electron chi connectivity index (χ4n) is 3.06. The molecule has 0 unspecified atom stereocenters. The van der Waals surface area contributed by atoms with Gasteiger partial charge >= 0.3 is 7.12 Å². The third-order valence-electron chi connectivity index (χ3n) is 5.49. The highest BCUT2D eigenvalue weighted by Gasteiger charge is 2.51. The number of aromatic nitrogens is 2. The molecule has 142 valence electrons. The van der Waals surface area contributed by atoms with Gasteiger partial charge in [-0.15, -0.1) is 0 Å². The van der Waals surface area contributed by atoms with Crippen LogP contribution in [0.5, 0.6) is 0 Å². The second-order valence-corrected chi connectivity index (χ2v) is 8.01. The third-order valence-corrected chi connectivity index (χ3v) is 5.49. The Morgan fingerprint density at radius 2 is 1.43 bits per heavy atom. The van der Waals surface area contributed by atoms with Gasteiger partial charge in [0.25, 0.3) is 0 Å². The Bertz CT molecular complexity index is 972. The molecule has 0 amide bonds. The van der Waals surface area contributed by atoms with E-state index in [0.29, 0.717) is 0 Å². The van der Waals surface area contributed by atoms with E-state index in [0.717, 1.165) is 28.0 Å². The second kappa shape index (κ2) is 6.80. The maximum Gasteiger partial charge on any atom is 0.496 e. The van der Waals surface area contributed by atoms with E-state index < -0.39 is 7.12 Å². The van der Waals surface area contributed by atoms with Crippen molar-refractivity contribution in [2.24, 2.45) is 0 Å². The SMILES string of the molecule is CC1(C)OB(c2ccc(-c3ccc(-c4cccc(F)c4)nc3)nc2)OC1(C)C. The minimum Gasteiger partial charge on any atom is -0.399 e. The minimum atomic E-state index is -0.431. The summed E-state index contributed by atoms with van der Waals surface area (Å²) >= 11 is 0. The van der Waals surface area contributed by atoms with Gasteiger partial charge in [-0.25, -0.2) is 4.39 Å². The lowest BCUT2D eigenvalue weighted by molar-refractivity contribution is 0.00578. The van der Waals surface area contributed by atoms with Crippen molar-refractivity contribution >= 4 is 12.6 Å². The van der Waals surface area contributed by atoms with Crippen LogP contribution in [0, 0.1) is 5.82 Å². The highest BCUT2D eigenvalue weighted by molar-refractivity contribution is 6.62. The lowest BCUT2D eigenvalue weighted by atomic mass is 9.80. The molecule has 1 aromatic carbocycles. The molecule has 1 aliphatic rings. The maximum absolute atomic E-state index is 13.4. The first-order valence-corrected chi connectivity index (χ1v) is 9.29. The number of halogens is 1. The molecule has 1 aliphatic heterocycles. The highest BCUT2D eigenvalue weighted by Crippen LogP contribution is 2.36. The smallest absolute Gasteiger partial charge is 0.399 e. The molecule has 3 heterocycles. The van der Waals surface area contributed by atoms with E-state index in [1.807, 2.05) is 58.0 Å². The summed E-state index contributed by atoms with van der Waals surface area (Å²) in [4.78, 5) is 8.99. The molecule has 1 saturated heterocycles. The van der Waals surface area contributed by atoms with E-state index in [2.05, 4.69) is 9.97 Å². The highest BCUT2D eigenvalue weighted by atomic mass is 19.1. The predicted octanol–water partition coefficient (Wildman–Crippen LogP) is 4.25. The standard InChI is InChI=1S/C22H22BFN2O2/c1-21(2)22(3,4)28-23(27-21)17-9-11-20(26-14-17)16-8-10-19(25-13-16)15-6-5-7-18(24)12-15/h5-14H,1-4H3. The van der Waals surface area contributed by atoms with Crippen LogP contribution >= 0.6 is 0 Å². The van der Waals surface area contributed by atoms with Crippen LogP contribution in [0.1, 0.15) is 27.7 Å². The Balaban J connectivity index is 1.53. The summed E-state index contributed by atoms with van der Waals surface area (Å²) in [7, 11) is -0.431. The summed E-state index contributed by atoms with van der Waals surface area (Å²) in [6.45, 7) is 8.11. The summed E-state index contributed by atoms with van der Waals surface area (Å²) < 4.78 is 25.5. The molecule has 0 spiro atoms. The molecule has 0 atom stereocenters. The molecule has 0 N–H and O–H groups in total. The number of benzene rings is 1. The second-order valence-electron chi connectivity index (χ2n) is 8.01. The van der Waals surface area contributed by atoms with Crippen LogP contribution in [0.3, 0.4) is 0 Å². The van der Waals surface area contributed by atoms with E-state index in [4.69, 9.17) is 9.31 Å². The van der Waals surface area contributed by atoms with Crippen molar-refractivity contribution in [2.75, 3.05) is 0 Å². The Labute approximate surface area is 164 Å². The van der Waals surface area contributed by atoms with Gasteiger partial charge < -0.3 is 9.31 Å². The van der Waals surface area contributed by atoms with Crippen LogP contribution in [0.25, 0.3) is 22.5 Å². The molecule has 0 aliphatic carbocycles. The topological polar surface area (TPSA) is 44.2 Å². The molecular formula is C22H22BFN2O2. The molecule has 2 aromatic heterocycles. The van der Waals surface area contributed by atoms with Gasteiger partial charge in [0.1, 0.15) is 5.82 Å². The first kappa shape index (κ1) is 18.8. The van der Waals surface area contributed by atoms with E-state index in [1.54, 1.807) is 18.5 Å². The number of hydrogen-bond acceptors (Lipinski definition) is 4. The third kappa shape index (κ3) is 3.45. The fourth-order valence-corrected chi connectivity index (χ4v) is 3.06. The first-order chi connectivity index (χ1) is 13.2. The molecule has 1 fully saturated rings. The Morgan fingerprint density at radius 1 is 0.786 bits per heavy atom. The van der Waals surface area contributed by atoms with Crippen molar-refractivity contribution in [2.45, 2.75) is 38.9 Å². The summed E-state index contributed by atoms with van der Waals surface area (Å²) in [6.07, 6.45) is 3.52. The molecule has 6 heteroatoms. The van der Waals surface area contributed by atoms with Crippen molar-refractivity contribution in [3.05, 3.63) is 66.7 Å². The summed E-state index contributed by atoms with van der Waals surface area (Å²) in [5, 5.41) is 0. The van der Waals surface area contributed by atoms with Gasteiger partial charge in [-0.05, 0) is 58.0 Å². The number of hydrogen-bond donors (Lipinski definition) is 0. The molecule has 3 aromatic rings. The molecular weight excluding hydrogens is 354 g/mol. The fraction of sp³-hybridized carbons (Fsp3) is 0.273. The van der Waals surface area contributed by atoms with Gasteiger partial charge in [-0.2, -0.15) is 0 Å². The predicted molar refractivity (Wildman–Crippen MR) is 109 cm³/mol. The van der Waals surface area contributed by atoms with E-state index in [-0.39, 0.29) is 17.0 Å². The van der Waals surface area contributed by atoms with Gasteiger partial charge in [0.15, 0.2) is 0 Å². The van der Waals surface area contributed by atoms with Crippen molar-refractivity contribution in [1.82, 2.24) is 9.97 Å². The average molecular weight is 376 g/mol. The quantitative estimate of drug-likeness (QED) is 0.641. The van der Waals surface area contributed by atoms with E-state index in [9.17, 15) is 4.39 Å². The zero-order valence-electron chi connectivity index (χ0n) is 16.4. The number of nitrogens with zero attached hydrogens (tertiary/aromatic N) is 2. The van der Waals surface area contributed by atoms with Gasteiger partial charge in [-0.3, -0.25) is 9.97 Å². The average Bonchev–Trinajstić information content (AvgIpc) is 2.89. The van der Waals surface area contributed by atoms with Gasteiger partial charge in [0.05, 0.1) is 22.6 Å².